The van der Waals surface area contributed by atoms with Gasteiger partial charge in [-0.3, -0.25) is 0 Å². The third-order valence-corrected chi connectivity index (χ3v) is 3.27. The van der Waals surface area contributed by atoms with Crippen LogP contribution in [0.25, 0.3) is 10.9 Å². The van der Waals surface area contributed by atoms with Crippen molar-refractivity contribution in [3.05, 3.63) is 60.3 Å². The van der Waals surface area contributed by atoms with Crippen LogP contribution in [0.15, 0.2) is 49.1 Å². The van der Waals surface area contributed by atoms with Crippen molar-refractivity contribution in [1.82, 2.24) is 14.5 Å². The van der Waals surface area contributed by atoms with E-state index >= 15 is 0 Å². The molecule has 2 heterocycles. The van der Waals surface area contributed by atoms with Crippen molar-refractivity contribution < 1.29 is 0 Å². The van der Waals surface area contributed by atoms with Crippen molar-refractivity contribution in [2.75, 3.05) is 0 Å². The molecule has 4 heteroatoms. The van der Waals surface area contributed by atoms with Crippen LogP contribution < -0.4 is 0 Å². The largest absolute Gasteiger partial charge is 0.350 e. The molecule has 4 nitrogen and oxygen atoms in total. The Labute approximate surface area is 111 Å². The van der Waals surface area contributed by atoms with Gasteiger partial charge in [0.2, 0.25) is 0 Å². The second-order valence-electron chi connectivity index (χ2n) is 4.41. The van der Waals surface area contributed by atoms with Gasteiger partial charge in [-0.05, 0) is 12.1 Å². The van der Waals surface area contributed by atoms with Gasteiger partial charge in [0, 0.05) is 35.9 Å². The van der Waals surface area contributed by atoms with Crippen LogP contribution in [-0.2, 0) is 7.05 Å². The molecule has 0 spiro atoms. The molecule has 0 aliphatic heterocycles. The van der Waals surface area contributed by atoms with E-state index in [0.717, 1.165) is 22.2 Å². The fraction of sp³-hybridized carbons (Fsp3) is 0.133. The molecular weight excluding hydrogens is 236 g/mol. The highest BCUT2D eigenvalue weighted by atomic mass is 14.9. The second kappa shape index (κ2) is 4.54. The molecule has 0 N–H and O–H groups in total. The third kappa shape index (κ3) is 1.85. The summed E-state index contributed by atoms with van der Waals surface area (Å²) in [6.07, 6.45) is 5.14. The van der Waals surface area contributed by atoms with Crippen molar-refractivity contribution in [3.63, 3.8) is 0 Å². The van der Waals surface area contributed by atoms with E-state index < -0.39 is 0 Å². The second-order valence-corrected chi connectivity index (χ2v) is 4.41. The summed E-state index contributed by atoms with van der Waals surface area (Å²) in [5.74, 6) is -0.367. The van der Waals surface area contributed by atoms with E-state index in [1.54, 1.807) is 12.3 Å². The zero-order chi connectivity index (χ0) is 13.2. The number of para-hydroxylation sites is 1. The van der Waals surface area contributed by atoms with Crippen molar-refractivity contribution in [3.8, 4) is 6.07 Å². The molecule has 0 amide bonds. The van der Waals surface area contributed by atoms with E-state index in [4.69, 9.17) is 0 Å². The third-order valence-electron chi connectivity index (χ3n) is 3.27. The fourth-order valence-corrected chi connectivity index (χ4v) is 2.37. The summed E-state index contributed by atoms with van der Waals surface area (Å²) in [4.78, 5) is 8.10. The first-order chi connectivity index (χ1) is 9.31. The maximum absolute atomic E-state index is 9.48. The zero-order valence-electron chi connectivity index (χ0n) is 10.5. The SMILES string of the molecule is Cn1cc(C(C#N)c2ccncn2)c2ccccc21. The van der Waals surface area contributed by atoms with Crippen LogP contribution in [0, 0.1) is 11.3 Å². The van der Waals surface area contributed by atoms with Gasteiger partial charge in [0.15, 0.2) is 0 Å². The minimum atomic E-state index is -0.367. The number of benzene rings is 1. The molecule has 0 saturated carbocycles. The van der Waals surface area contributed by atoms with E-state index in [9.17, 15) is 5.26 Å². The first-order valence-electron chi connectivity index (χ1n) is 6.00. The maximum Gasteiger partial charge on any atom is 0.116 e. The minimum Gasteiger partial charge on any atom is -0.350 e. The maximum atomic E-state index is 9.48. The number of aryl methyl sites for hydroxylation is 1. The molecule has 0 saturated heterocycles. The topological polar surface area (TPSA) is 54.5 Å². The molecule has 1 aromatic carbocycles. The lowest BCUT2D eigenvalue weighted by atomic mass is 9.96. The van der Waals surface area contributed by atoms with E-state index in [1.165, 1.54) is 6.33 Å². The Kier molecular flexibility index (Phi) is 2.73. The Morgan fingerprint density at radius 2 is 2.11 bits per heavy atom. The Balaban J connectivity index is 2.21. The normalized spacial score (nSPS) is 12.2. The van der Waals surface area contributed by atoms with Crippen molar-refractivity contribution in [2.45, 2.75) is 5.92 Å². The molecule has 3 aromatic rings. The average Bonchev–Trinajstić information content (AvgIpc) is 2.79. The quantitative estimate of drug-likeness (QED) is 0.700. The Morgan fingerprint density at radius 1 is 1.26 bits per heavy atom. The monoisotopic (exact) mass is 248 g/mol. The molecule has 1 atom stereocenters. The number of hydrogen-bond donors (Lipinski definition) is 0. The van der Waals surface area contributed by atoms with Gasteiger partial charge in [0.25, 0.3) is 0 Å². The van der Waals surface area contributed by atoms with Gasteiger partial charge < -0.3 is 4.57 Å². The molecule has 0 aliphatic carbocycles. The van der Waals surface area contributed by atoms with Crippen molar-refractivity contribution in [2.24, 2.45) is 7.05 Å². The zero-order valence-corrected chi connectivity index (χ0v) is 10.5. The summed E-state index contributed by atoms with van der Waals surface area (Å²) >= 11 is 0. The van der Waals surface area contributed by atoms with Crippen LogP contribution in [0.1, 0.15) is 17.2 Å². The summed E-state index contributed by atoms with van der Waals surface area (Å²) < 4.78 is 2.04. The Morgan fingerprint density at radius 3 is 2.84 bits per heavy atom. The number of nitrogens with zero attached hydrogens (tertiary/aromatic N) is 4. The summed E-state index contributed by atoms with van der Waals surface area (Å²) in [6, 6.07) is 12.2. The van der Waals surface area contributed by atoms with Crippen LogP contribution in [-0.4, -0.2) is 14.5 Å². The van der Waals surface area contributed by atoms with Crippen LogP contribution in [0.2, 0.25) is 0 Å². The van der Waals surface area contributed by atoms with Gasteiger partial charge in [0.1, 0.15) is 12.2 Å². The first-order valence-corrected chi connectivity index (χ1v) is 6.00. The highest BCUT2D eigenvalue weighted by Gasteiger charge is 2.19. The number of rotatable bonds is 2. The predicted molar refractivity (Wildman–Crippen MR) is 72.4 cm³/mol. The van der Waals surface area contributed by atoms with Crippen LogP contribution in [0.3, 0.4) is 0 Å². The average molecular weight is 248 g/mol. The highest BCUT2D eigenvalue weighted by Crippen LogP contribution is 2.30. The molecule has 0 fully saturated rings. The van der Waals surface area contributed by atoms with Gasteiger partial charge in [-0.25, -0.2) is 9.97 Å². The van der Waals surface area contributed by atoms with Crippen molar-refractivity contribution in [1.29, 1.82) is 5.26 Å². The van der Waals surface area contributed by atoms with Crippen LogP contribution >= 0.6 is 0 Å². The molecule has 0 aliphatic rings. The molecule has 3 rings (SSSR count). The fourth-order valence-electron chi connectivity index (χ4n) is 2.37. The van der Waals surface area contributed by atoms with Gasteiger partial charge in [0.05, 0.1) is 11.8 Å². The molecular formula is C15H12N4. The number of nitriles is 1. The van der Waals surface area contributed by atoms with E-state index in [-0.39, 0.29) is 5.92 Å². The summed E-state index contributed by atoms with van der Waals surface area (Å²) in [5, 5.41) is 10.6. The smallest absolute Gasteiger partial charge is 0.116 e. The number of hydrogen-bond acceptors (Lipinski definition) is 3. The molecule has 2 aromatic heterocycles. The molecule has 19 heavy (non-hydrogen) atoms. The lowest BCUT2D eigenvalue weighted by molar-refractivity contribution is 0.917. The summed E-state index contributed by atoms with van der Waals surface area (Å²) in [6.45, 7) is 0. The highest BCUT2D eigenvalue weighted by molar-refractivity contribution is 5.85. The minimum absolute atomic E-state index is 0.367. The van der Waals surface area contributed by atoms with Gasteiger partial charge in [-0.2, -0.15) is 5.26 Å². The number of fused-ring (bicyclic) bond motifs is 1. The van der Waals surface area contributed by atoms with Gasteiger partial charge in [-0.1, -0.05) is 18.2 Å². The van der Waals surface area contributed by atoms with E-state index in [1.807, 2.05) is 42.1 Å². The lowest BCUT2D eigenvalue weighted by Crippen LogP contribution is -2.00. The standard InChI is InChI=1S/C15H12N4/c1-19-9-13(11-4-2-3-5-15(11)19)12(8-16)14-6-7-17-10-18-14/h2-7,9-10,12H,1H3. The summed E-state index contributed by atoms with van der Waals surface area (Å²) in [5.41, 5.74) is 2.83. The molecule has 0 bridgehead atoms. The predicted octanol–water partition coefficient (Wildman–Crippen LogP) is 2.62. The van der Waals surface area contributed by atoms with Gasteiger partial charge >= 0.3 is 0 Å². The molecule has 92 valence electrons. The Bertz CT molecular complexity index is 753. The molecule has 0 radical (unpaired) electrons. The lowest BCUT2D eigenvalue weighted by Gasteiger charge is -2.06. The van der Waals surface area contributed by atoms with E-state index in [0.29, 0.717) is 0 Å². The van der Waals surface area contributed by atoms with Crippen LogP contribution in [0.4, 0.5) is 0 Å². The molecule has 1 unspecified atom stereocenters. The van der Waals surface area contributed by atoms with Crippen LogP contribution in [0.5, 0.6) is 0 Å². The van der Waals surface area contributed by atoms with Crippen molar-refractivity contribution >= 4 is 10.9 Å². The Hall–Kier alpha value is -2.67. The van der Waals surface area contributed by atoms with Gasteiger partial charge in [-0.15, -0.1) is 0 Å². The first kappa shape index (κ1) is 11.4. The van der Waals surface area contributed by atoms with E-state index in [2.05, 4.69) is 16.0 Å². The number of aromatic nitrogens is 3. The summed E-state index contributed by atoms with van der Waals surface area (Å²) in [7, 11) is 1.99.